The average Bonchev–Trinajstić information content (AvgIpc) is 2.03. The molecule has 1 aromatic carbocycles. The van der Waals surface area contributed by atoms with Crippen molar-refractivity contribution in [2.75, 3.05) is 19.0 Å². The summed E-state index contributed by atoms with van der Waals surface area (Å²) >= 11 is 0. The highest BCUT2D eigenvalue weighted by Gasteiger charge is 2.02. The zero-order chi connectivity index (χ0) is 9.14. The van der Waals surface area contributed by atoms with E-state index in [4.69, 9.17) is 5.73 Å². The Morgan fingerprint density at radius 2 is 2.08 bits per heavy atom. The molecule has 3 nitrogen and oxygen atoms in total. The Balaban J connectivity index is 3.11. The minimum absolute atomic E-state index is 0.265. The standard InChI is InChI=1S/C9H14N2O/c1-11(2)9-4-3-8(12)5-7(9)6-10/h3-5,12H,6,10H2,1-2H3. The second-order valence-corrected chi connectivity index (χ2v) is 2.91. The normalized spacial score (nSPS) is 9.92. The molecule has 0 bridgehead atoms. The number of aromatic hydroxyl groups is 1. The van der Waals surface area contributed by atoms with Crippen LogP contribution in [-0.4, -0.2) is 19.2 Å². The van der Waals surface area contributed by atoms with Gasteiger partial charge in [0.25, 0.3) is 0 Å². The maximum absolute atomic E-state index is 9.18. The molecule has 0 spiro atoms. The molecule has 0 aliphatic heterocycles. The van der Waals surface area contributed by atoms with E-state index in [0.29, 0.717) is 6.54 Å². The number of hydrogen-bond acceptors (Lipinski definition) is 3. The van der Waals surface area contributed by atoms with Crippen LogP contribution in [0.4, 0.5) is 5.69 Å². The first-order chi connectivity index (χ1) is 5.65. The average molecular weight is 166 g/mol. The lowest BCUT2D eigenvalue weighted by molar-refractivity contribution is 0.474. The van der Waals surface area contributed by atoms with Crippen LogP contribution in [0.15, 0.2) is 18.2 Å². The van der Waals surface area contributed by atoms with Gasteiger partial charge in [-0.2, -0.15) is 0 Å². The molecule has 0 amide bonds. The number of rotatable bonds is 2. The summed E-state index contributed by atoms with van der Waals surface area (Å²) in [6.45, 7) is 0.446. The molecule has 0 saturated carbocycles. The summed E-state index contributed by atoms with van der Waals surface area (Å²) in [6.07, 6.45) is 0. The van der Waals surface area contributed by atoms with Crippen molar-refractivity contribution in [3.63, 3.8) is 0 Å². The van der Waals surface area contributed by atoms with Gasteiger partial charge in [0.05, 0.1) is 0 Å². The fourth-order valence-corrected chi connectivity index (χ4v) is 1.17. The zero-order valence-electron chi connectivity index (χ0n) is 7.41. The first-order valence-corrected chi connectivity index (χ1v) is 3.84. The van der Waals surface area contributed by atoms with E-state index in [0.717, 1.165) is 11.3 Å². The third kappa shape index (κ3) is 1.68. The van der Waals surface area contributed by atoms with Crippen molar-refractivity contribution in [1.82, 2.24) is 0 Å². The van der Waals surface area contributed by atoms with Crippen LogP contribution in [0.3, 0.4) is 0 Å². The zero-order valence-corrected chi connectivity index (χ0v) is 7.41. The van der Waals surface area contributed by atoms with Gasteiger partial charge in [-0.15, -0.1) is 0 Å². The van der Waals surface area contributed by atoms with Crippen LogP contribution in [0.5, 0.6) is 5.75 Å². The van der Waals surface area contributed by atoms with Gasteiger partial charge in [-0.3, -0.25) is 0 Å². The van der Waals surface area contributed by atoms with Gasteiger partial charge >= 0.3 is 0 Å². The fourth-order valence-electron chi connectivity index (χ4n) is 1.17. The van der Waals surface area contributed by atoms with Gasteiger partial charge in [-0.1, -0.05) is 0 Å². The molecule has 12 heavy (non-hydrogen) atoms. The summed E-state index contributed by atoms with van der Waals surface area (Å²) in [7, 11) is 3.90. The number of phenolic OH excluding ortho intramolecular Hbond substituents is 1. The van der Waals surface area contributed by atoms with E-state index in [-0.39, 0.29) is 5.75 Å². The van der Waals surface area contributed by atoms with Crippen molar-refractivity contribution in [2.45, 2.75) is 6.54 Å². The first kappa shape index (κ1) is 8.87. The van der Waals surface area contributed by atoms with E-state index in [1.165, 1.54) is 0 Å². The molecular formula is C9H14N2O. The summed E-state index contributed by atoms with van der Waals surface area (Å²) < 4.78 is 0. The van der Waals surface area contributed by atoms with Gasteiger partial charge in [-0.25, -0.2) is 0 Å². The molecule has 1 rings (SSSR count). The number of hydrogen-bond donors (Lipinski definition) is 2. The van der Waals surface area contributed by atoms with Crippen LogP contribution in [0, 0.1) is 0 Å². The van der Waals surface area contributed by atoms with Crippen LogP contribution in [-0.2, 0) is 6.54 Å². The molecule has 0 aromatic heterocycles. The van der Waals surface area contributed by atoms with E-state index in [2.05, 4.69) is 0 Å². The monoisotopic (exact) mass is 166 g/mol. The number of nitrogens with two attached hydrogens (primary N) is 1. The van der Waals surface area contributed by atoms with Gasteiger partial charge < -0.3 is 15.7 Å². The molecule has 0 fully saturated rings. The Bertz CT molecular complexity index is 271. The van der Waals surface area contributed by atoms with Crippen molar-refractivity contribution in [1.29, 1.82) is 0 Å². The summed E-state index contributed by atoms with van der Waals surface area (Å²) in [5, 5.41) is 9.18. The van der Waals surface area contributed by atoms with Gasteiger partial charge in [-0.05, 0) is 23.8 Å². The summed E-state index contributed by atoms with van der Waals surface area (Å²) in [5.41, 5.74) is 7.53. The summed E-state index contributed by atoms with van der Waals surface area (Å²) in [5.74, 6) is 0.265. The lowest BCUT2D eigenvalue weighted by atomic mass is 10.1. The van der Waals surface area contributed by atoms with E-state index in [1.54, 1.807) is 12.1 Å². The molecule has 1 aromatic rings. The first-order valence-electron chi connectivity index (χ1n) is 3.84. The Morgan fingerprint density at radius 3 is 2.58 bits per heavy atom. The molecule has 0 radical (unpaired) electrons. The molecule has 0 atom stereocenters. The van der Waals surface area contributed by atoms with Crippen LogP contribution < -0.4 is 10.6 Å². The van der Waals surface area contributed by atoms with Crippen molar-refractivity contribution < 1.29 is 5.11 Å². The molecule has 0 heterocycles. The van der Waals surface area contributed by atoms with Crippen LogP contribution >= 0.6 is 0 Å². The third-order valence-electron chi connectivity index (χ3n) is 1.76. The predicted molar refractivity (Wildman–Crippen MR) is 50.3 cm³/mol. The number of benzene rings is 1. The van der Waals surface area contributed by atoms with E-state index >= 15 is 0 Å². The lowest BCUT2D eigenvalue weighted by Crippen LogP contribution is -2.12. The van der Waals surface area contributed by atoms with E-state index in [1.807, 2.05) is 25.1 Å². The Morgan fingerprint density at radius 1 is 1.42 bits per heavy atom. The van der Waals surface area contributed by atoms with Crippen molar-refractivity contribution in [3.8, 4) is 5.75 Å². The Labute approximate surface area is 72.4 Å². The van der Waals surface area contributed by atoms with Crippen molar-refractivity contribution in [2.24, 2.45) is 5.73 Å². The minimum Gasteiger partial charge on any atom is -0.508 e. The third-order valence-corrected chi connectivity index (χ3v) is 1.76. The minimum atomic E-state index is 0.265. The molecular weight excluding hydrogens is 152 g/mol. The number of anilines is 1. The van der Waals surface area contributed by atoms with Crippen LogP contribution in [0.1, 0.15) is 5.56 Å². The molecule has 0 aliphatic rings. The Kier molecular flexibility index (Phi) is 2.55. The largest absolute Gasteiger partial charge is 0.508 e. The smallest absolute Gasteiger partial charge is 0.116 e. The quantitative estimate of drug-likeness (QED) is 0.686. The maximum atomic E-state index is 9.18. The summed E-state index contributed by atoms with van der Waals surface area (Å²) in [4.78, 5) is 1.97. The maximum Gasteiger partial charge on any atom is 0.116 e. The number of nitrogens with zero attached hydrogens (tertiary/aromatic N) is 1. The molecule has 3 N–H and O–H groups in total. The fraction of sp³-hybridized carbons (Fsp3) is 0.333. The van der Waals surface area contributed by atoms with Gasteiger partial charge in [0.15, 0.2) is 0 Å². The topological polar surface area (TPSA) is 49.5 Å². The second kappa shape index (κ2) is 3.45. The Hall–Kier alpha value is -1.22. The predicted octanol–water partition coefficient (Wildman–Crippen LogP) is 0.917. The molecule has 0 unspecified atom stereocenters. The lowest BCUT2D eigenvalue weighted by Gasteiger charge is -2.16. The highest BCUT2D eigenvalue weighted by atomic mass is 16.3. The highest BCUT2D eigenvalue weighted by Crippen LogP contribution is 2.22. The summed E-state index contributed by atoms with van der Waals surface area (Å²) in [6, 6.07) is 5.21. The van der Waals surface area contributed by atoms with E-state index < -0.39 is 0 Å². The second-order valence-electron chi connectivity index (χ2n) is 2.91. The van der Waals surface area contributed by atoms with Crippen molar-refractivity contribution in [3.05, 3.63) is 23.8 Å². The van der Waals surface area contributed by atoms with Gasteiger partial charge in [0.2, 0.25) is 0 Å². The highest BCUT2D eigenvalue weighted by molar-refractivity contribution is 5.55. The van der Waals surface area contributed by atoms with Crippen LogP contribution in [0.2, 0.25) is 0 Å². The van der Waals surface area contributed by atoms with Gasteiger partial charge in [0.1, 0.15) is 5.75 Å². The van der Waals surface area contributed by atoms with Crippen molar-refractivity contribution >= 4 is 5.69 Å². The number of phenols is 1. The SMILES string of the molecule is CN(C)c1ccc(O)cc1CN. The van der Waals surface area contributed by atoms with E-state index in [9.17, 15) is 5.11 Å². The van der Waals surface area contributed by atoms with Gasteiger partial charge in [0, 0.05) is 26.3 Å². The molecule has 0 saturated heterocycles. The molecule has 66 valence electrons. The molecule has 3 heteroatoms. The van der Waals surface area contributed by atoms with Crippen LogP contribution in [0.25, 0.3) is 0 Å². The molecule has 0 aliphatic carbocycles.